The Labute approximate surface area is 138 Å². The van der Waals surface area contributed by atoms with Crippen molar-refractivity contribution < 1.29 is 19.4 Å². The number of carboxylic acid groups (broad SMARTS) is 1. The first-order chi connectivity index (χ1) is 11.0. The number of hydrogen-bond acceptors (Lipinski definition) is 5. The molecule has 0 aliphatic carbocycles. The zero-order valence-electron chi connectivity index (χ0n) is 13.0. The molecule has 0 aliphatic rings. The van der Waals surface area contributed by atoms with E-state index in [-0.39, 0.29) is 17.2 Å². The summed E-state index contributed by atoms with van der Waals surface area (Å²) in [6.45, 7) is 4.51. The third-order valence-electron chi connectivity index (χ3n) is 3.05. The lowest BCUT2D eigenvalue weighted by atomic mass is 10.2. The van der Waals surface area contributed by atoms with E-state index in [0.717, 1.165) is 22.6 Å². The number of amides is 1. The number of ether oxygens (including phenoxy) is 1. The topological polar surface area (TPSA) is 88.5 Å². The van der Waals surface area contributed by atoms with Crippen molar-refractivity contribution in [3.8, 4) is 5.75 Å². The molecule has 0 bridgehead atoms. The molecule has 7 heteroatoms. The van der Waals surface area contributed by atoms with Crippen LogP contribution in [0.4, 0.5) is 0 Å². The molecule has 1 aromatic heterocycles. The van der Waals surface area contributed by atoms with Gasteiger partial charge in [-0.15, -0.1) is 11.3 Å². The molecule has 0 fully saturated rings. The Kier molecular flexibility index (Phi) is 5.70. The molecule has 2 rings (SSSR count). The Morgan fingerprint density at radius 1 is 1.39 bits per heavy atom. The molecule has 1 amide bonds. The van der Waals surface area contributed by atoms with Crippen LogP contribution in [0.5, 0.6) is 5.75 Å². The van der Waals surface area contributed by atoms with Gasteiger partial charge in [-0.1, -0.05) is 12.1 Å². The summed E-state index contributed by atoms with van der Waals surface area (Å²) in [6, 6.07) is 7.51. The summed E-state index contributed by atoms with van der Waals surface area (Å²) in [5, 5.41) is 12.3. The summed E-state index contributed by atoms with van der Waals surface area (Å²) in [5.41, 5.74) is 1.38. The zero-order valence-corrected chi connectivity index (χ0v) is 13.8. The number of hydrogen-bond donors (Lipinski definition) is 2. The summed E-state index contributed by atoms with van der Waals surface area (Å²) < 4.78 is 5.41. The van der Waals surface area contributed by atoms with Crippen LogP contribution in [-0.2, 0) is 17.8 Å². The Morgan fingerprint density at radius 2 is 2.17 bits per heavy atom. The lowest BCUT2D eigenvalue weighted by Gasteiger charge is -2.07. The molecule has 1 aromatic carbocycles. The van der Waals surface area contributed by atoms with E-state index in [1.165, 1.54) is 0 Å². The standard InChI is InChI=1S/C16H18N2O4S/c1-3-22-12-6-4-5-11(7-12)9-17-13(19)8-14-18-10(2)15(23-14)16(20)21/h4-7H,3,8-9H2,1-2H3,(H,17,19)(H,20,21). The van der Waals surface area contributed by atoms with E-state index in [0.29, 0.717) is 23.9 Å². The summed E-state index contributed by atoms with van der Waals surface area (Å²) in [7, 11) is 0. The molecule has 6 nitrogen and oxygen atoms in total. The van der Waals surface area contributed by atoms with Gasteiger partial charge in [0.25, 0.3) is 0 Å². The van der Waals surface area contributed by atoms with E-state index in [1.807, 2.05) is 31.2 Å². The minimum Gasteiger partial charge on any atom is -0.494 e. The van der Waals surface area contributed by atoms with Gasteiger partial charge in [-0.3, -0.25) is 4.79 Å². The van der Waals surface area contributed by atoms with E-state index in [2.05, 4.69) is 10.3 Å². The van der Waals surface area contributed by atoms with Gasteiger partial charge < -0.3 is 15.2 Å². The van der Waals surface area contributed by atoms with Crippen LogP contribution in [0.15, 0.2) is 24.3 Å². The van der Waals surface area contributed by atoms with Crippen LogP contribution < -0.4 is 10.1 Å². The highest BCUT2D eigenvalue weighted by molar-refractivity contribution is 7.13. The van der Waals surface area contributed by atoms with E-state index >= 15 is 0 Å². The van der Waals surface area contributed by atoms with Crippen molar-refractivity contribution >= 4 is 23.2 Å². The van der Waals surface area contributed by atoms with Gasteiger partial charge in [-0.2, -0.15) is 0 Å². The van der Waals surface area contributed by atoms with Gasteiger partial charge in [0.1, 0.15) is 15.6 Å². The Hall–Kier alpha value is -2.41. The number of nitrogens with one attached hydrogen (secondary N) is 1. The average molecular weight is 334 g/mol. The van der Waals surface area contributed by atoms with Crippen LogP contribution in [-0.4, -0.2) is 28.6 Å². The van der Waals surface area contributed by atoms with E-state index in [1.54, 1.807) is 6.92 Å². The number of nitrogens with zero attached hydrogens (tertiary/aromatic N) is 1. The largest absolute Gasteiger partial charge is 0.494 e. The first-order valence-corrected chi connectivity index (χ1v) is 7.99. The van der Waals surface area contributed by atoms with Crippen LogP contribution in [0.2, 0.25) is 0 Å². The molecule has 0 atom stereocenters. The Balaban J connectivity index is 1.91. The Bertz CT molecular complexity index is 712. The number of carboxylic acids is 1. The zero-order chi connectivity index (χ0) is 16.8. The third kappa shape index (κ3) is 4.79. The molecule has 2 aromatic rings. The molecule has 0 unspecified atom stereocenters. The third-order valence-corrected chi connectivity index (χ3v) is 4.19. The van der Waals surface area contributed by atoms with Crippen LogP contribution in [0, 0.1) is 6.92 Å². The van der Waals surface area contributed by atoms with Crippen molar-refractivity contribution in [1.29, 1.82) is 0 Å². The van der Waals surface area contributed by atoms with Crippen molar-refractivity contribution in [3.05, 3.63) is 45.4 Å². The van der Waals surface area contributed by atoms with Crippen molar-refractivity contribution in [2.24, 2.45) is 0 Å². The predicted octanol–water partition coefficient (Wildman–Crippen LogP) is 2.41. The SMILES string of the molecule is CCOc1cccc(CNC(=O)Cc2nc(C)c(C(=O)O)s2)c1. The van der Waals surface area contributed by atoms with Crippen molar-refractivity contribution in [2.45, 2.75) is 26.8 Å². The van der Waals surface area contributed by atoms with Crippen LogP contribution in [0.3, 0.4) is 0 Å². The molecular formula is C16H18N2O4S. The molecule has 23 heavy (non-hydrogen) atoms. The number of benzene rings is 1. The number of thiazole rings is 1. The minimum atomic E-state index is -1.01. The first-order valence-electron chi connectivity index (χ1n) is 7.17. The molecule has 0 spiro atoms. The summed E-state index contributed by atoms with van der Waals surface area (Å²) in [4.78, 5) is 27.2. The molecule has 0 saturated carbocycles. The highest BCUT2D eigenvalue weighted by Gasteiger charge is 2.15. The number of rotatable bonds is 7. The van der Waals surface area contributed by atoms with Crippen molar-refractivity contribution in [1.82, 2.24) is 10.3 Å². The van der Waals surface area contributed by atoms with E-state index < -0.39 is 5.97 Å². The lowest BCUT2D eigenvalue weighted by Crippen LogP contribution is -2.24. The van der Waals surface area contributed by atoms with Crippen molar-refractivity contribution in [3.63, 3.8) is 0 Å². The van der Waals surface area contributed by atoms with Gasteiger partial charge in [0, 0.05) is 6.54 Å². The maximum absolute atomic E-state index is 12.0. The number of aromatic nitrogens is 1. The van der Waals surface area contributed by atoms with E-state index in [9.17, 15) is 9.59 Å². The maximum Gasteiger partial charge on any atom is 0.347 e. The smallest absolute Gasteiger partial charge is 0.347 e. The highest BCUT2D eigenvalue weighted by atomic mass is 32.1. The second kappa shape index (κ2) is 7.73. The minimum absolute atomic E-state index is 0.0734. The van der Waals surface area contributed by atoms with Crippen LogP contribution in [0.1, 0.15) is 32.9 Å². The number of aryl methyl sites for hydroxylation is 1. The molecule has 0 saturated heterocycles. The maximum atomic E-state index is 12.0. The van der Waals surface area contributed by atoms with Crippen molar-refractivity contribution in [2.75, 3.05) is 6.61 Å². The fourth-order valence-electron chi connectivity index (χ4n) is 2.04. The second-order valence-corrected chi connectivity index (χ2v) is 5.94. The summed E-state index contributed by atoms with van der Waals surface area (Å²) in [6.07, 6.45) is 0.0734. The quantitative estimate of drug-likeness (QED) is 0.812. The van der Waals surface area contributed by atoms with Gasteiger partial charge >= 0.3 is 5.97 Å². The summed E-state index contributed by atoms with van der Waals surface area (Å²) in [5.74, 6) is -0.446. The Morgan fingerprint density at radius 3 is 2.83 bits per heavy atom. The predicted molar refractivity (Wildman–Crippen MR) is 87.0 cm³/mol. The van der Waals surface area contributed by atoms with Gasteiger partial charge in [-0.25, -0.2) is 9.78 Å². The molecular weight excluding hydrogens is 316 g/mol. The highest BCUT2D eigenvalue weighted by Crippen LogP contribution is 2.18. The fourth-order valence-corrected chi connectivity index (χ4v) is 2.94. The first kappa shape index (κ1) is 17.0. The van der Waals surface area contributed by atoms with Gasteiger partial charge in [0.05, 0.1) is 18.7 Å². The number of carbonyl (C=O) groups excluding carboxylic acids is 1. The van der Waals surface area contributed by atoms with Gasteiger partial charge in [0.15, 0.2) is 0 Å². The molecule has 2 N–H and O–H groups in total. The monoisotopic (exact) mass is 334 g/mol. The molecule has 1 heterocycles. The molecule has 0 radical (unpaired) electrons. The fraction of sp³-hybridized carbons (Fsp3) is 0.312. The summed E-state index contributed by atoms with van der Waals surface area (Å²) >= 11 is 1.04. The lowest BCUT2D eigenvalue weighted by molar-refractivity contribution is -0.120. The van der Waals surface area contributed by atoms with Crippen LogP contribution in [0.25, 0.3) is 0 Å². The van der Waals surface area contributed by atoms with Crippen LogP contribution >= 0.6 is 11.3 Å². The molecule has 122 valence electrons. The molecule has 0 aliphatic heterocycles. The number of aromatic carboxylic acids is 1. The second-order valence-electron chi connectivity index (χ2n) is 4.86. The van der Waals surface area contributed by atoms with Gasteiger partial charge in [0.2, 0.25) is 5.91 Å². The number of carbonyl (C=O) groups is 2. The normalized spacial score (nSPS) is 10.3. The van der Waals surface area contributed by atoms with E-state index in [4.69, 9.17) is 9.84 Å². The average Bonchev–Trinajstić information content (AvgIpc) is 2.87. The van der Waals surface area contributed by atoms with Gasteiger partial charge in [-0.05, 0) is 31.5 Å².